The van der Waals surface area contributed by atoms with E-state index < -0.39 is 18.4 Å². The highest BCUT2D eigenvalue weighted by molar-refractivity contribution is 5.98. The number of nitrogens with zero attached hydrogens (tertiary/aromatic N) is 1. The molecule has 0 saturated heterocycles. The highest BCUT2D eigenvalue weighted by atomic mass is 16.4. The van der Waals surface area contributed by atoms with Gasteiger partial charge in [-0.2, -0.15) is 0 Å². The lowest BCUT2D eigenvalue weighted by Crippen LogP contribution is -2.35. The van der Waals surface area contributed by atoms with Crippen molar-refractivity contribution in [3.63, 3.8) is 0 Å². The third kappa shape index (κ3) is 5.44. The zero-order valence-electron chi connectivity index (χ0n) is 14.8. The van der Waals surface area contributed by atoms with Crippen molar-refractivity contribution in [3.05, 3.63) is 71.3 Å². The molecule has 2 rings (SSSR count). The second-order valence-corrected chi connectivity index (χ2v) is 6.25. The molecule has 0 heterocycles. The van der Waals surface area contributed by atoms with Crippen LogP contribution in [0.5, 0.6) is 0 Å². The van der Waals surface area contributed by atoms with Gasteiger partial charge in [0.25, 0.3) is 11.8 Å². The van der Waals surface area contributed by atoms with E-state index in [2.05, 4.69) is 5.32 Å². The number of carboxylic acid groups (broad SMARTS) is 1. The lowest BCUT2D eigenvalue weighted by molar-refractivity contribution is -0.137. The van der Waals surface area contributed by atoms with Gasteiger partial charge >= 0.3 is 5.97 Å². The summed E-state index contributed by atoms with van der Waals surface area (Å²) in [4.78, 5) is 37.1. The quantitative estimate of drug-likeness (QED) is 0.800. The first-order valence-electron chi connectivity index (χ1n) is 8.32. The Balaban J connectivity index is 2.16. The van der Waals surface area contributed by atoms with Gasteiger partial charge < -0.3 is 15.3 Å². The Morgan fingerprint density at radius 3 is 2.08 bits per heavy atom. The van der Waals surface area contributed by atoms with Crippen molar-refractivity contribution in [2.45, 2.75) is 26.4 Å². The van der Waals surface area contributed by atoms with Gasteiger partial charge in [0.2, 0.25) is 0 Å². The molecule has 6 nitrogen and oxygen atoms in total. The molecule has 2 amide bonds. The van der Waals surface area contributed by atoms with Gasteiger partial charge in [0.1, 0.15) is 6.54 Å². The monoisotopic (exact) mass is 354 g/mol. The SMILES string of the molecule is CC(C)NC(=O)c1ccc(C(=O)N(CC(=O)O)Cc2ccccc2)cc1. The molecule has 2 aromatic carbocycles. The van der Waals surface area contributed by atoms with E-state index in [1.54, 1.807) is 12.1 Å². The minimum atomic E-state index is -1.08. The van der Waals surface area contributed by atoms with E-state index in [0.717, 1.165) is 5.56 Å². The maximum atomic E-state index is 12.7. The van der Waals surface area contributed by atoms with Gasteiger partial charge in [-0.1, -0.05) is 30.3 Å². The Bertz CT molecular complexity index is 770. The number of hydrogen-bond acceptors (Lipinski definition) is 3. The molecule has 0 unspecified atom stereocenters. The summed E-state index contributed by atoms with van der Waals surface area (Å²) in [5.41, 5.74) is 1.63. The van der Waals surface area contributed by atoms with Crippen molar-refractivity contribution >= 4 is 17.8 Å². The summed E-state index contributed by atoms with van der Waals surface area (Å²) in [7, 11) is 0. The molecule has 0 aliphatic heterocycles. The van der Waals surface area contributed by atoms with E-state index in [1.807, 2.05) is 44.2 Å². The van der Waals surface area contributed by atoms with Crippen molar-refractivity contribution in [1.82, 2.24) is 10.2 Å². The summed E-state index contributed by atoms with van der Waals surface area (Å²) in [6, 6.07) is 15.4. The van der Waals surface area contributed by atoms with Gasteiger partial charge in [-0.25, -0.2) is 0 Å². The molecule has 0 radical (unpaired) electrons. The highest BCUT2D eigenvalue weighted by Crippen LogP contribution is 2.12. The van der Waals surface area contributed by atoms with Crippen LogP contribution in [-0.4, -0.2) is 40.4 Å². The average molecular weight is 354 g/mol. The molecule has 6 heteroatoms. The topological polar surface area (TPSA) is 86.7 Å². The summed E-state index contributed by atoms with van der Waals surface area (Å²) in [6.07, 6.45) is 0. The maximum Gasteiger partial charge on any atom is 0.323 e. The van der Waals surface area contributed by atoms with Crippen molar-refractivity contribution in [2.75, 3.05) is 6.54 Å². The first-order chi connectivity index (χ1) is 12.4. The third-order valence-electron chi connectivity index (χ3n) is 3.64. The zero-order valence-corrected chi connectivity index (χ0v) is 14.8. The third-order valence-corrected chi connectivity index (χ3v) is 3.64. The fourth-order valence-electron chi connectivity index (χ4n) is 2.46. The van der Waals surface area contributed by atoms with E-state index in [0.29, 0.717) is 11.1 Å². The standard InChI is InChI=1S/C20H22N2O4/c1-14(2)21-19(25)16-8-10-17(11-9-16)20(26)22(13-18(23)24)12-15-6-4-3-5-7-15/h3-11,14H,12-13H2,1-2H3,(H,21,25)(H,23,24). The number of carbonyl (C=O) groups is 3. The van der Waals surface area contributed by atoms with Crippen LogP contribution >= 0.6 is 0 Å². The van der Waals surface area contributed by atoms with Gasteiger partial charge in [-0.15, -0.1) is 0 Å². The van der Waals surface area contributed by atoms with Crippen molar-refractivity contribution in [3.8, 4) is 0 Å². The lowest BCUT2D eigenvalue weighted by atomic mass is 10.1. The van der Waals surface area contributed by atoms with Crippen molar-refractivity contribution in [2.24, 2.45) is 0 Å². The fourth-order valence-corrected chi connectivity index (χ4v) is 2.46. The Hall–Kier alpha value is -3.15. The number of benzene rings is 2. The number of rotatable bonds is 7. The molecule has 2 aromatic rings. The van der Waals surface area contributed by atoms with E-state index in [-0.39, 0.29) is 18.5 Å². The van der Waals surface area contributed by atoms with Gasteiger partial charge in [-0.3, -0.25) is 14.4 Å². The highest BCUT2D eigenvalue weighted by Gasteiger charge is 2.19. The molecule has 0 saturated carbocycles. The van der Waals surface area contributed by atoms with Crippen LogP contribution in [0.15, 0.2) is 54.6 Å². The molecular weight excluding hydrogens is 332 g/mol. The Labute approximate surface area is 152 Å². The predicted octanol–water partition coefficient (Wildman–Crippen LogP) is 2.55. The second kappa shape index (κ2) is 8.80. The first-order valence-corrected chi connectivity index (χ1v) is 8.32. The first kappa shape index (κ1) is 19.2. The summed E-state index contributed by atoms with van der Waals surface area (Å²) in [5.74, 6) is -1.69. The number of carbonyl (C=O) groups excluding carboxylic acids is 2. The normalized spacial score (nSPS) is 10.4. The molecule has 0 aromatic heterocycles. The molecule has 0 atom stereocenters. The van der Waals surface area contributed by atoms with E-state index in [4.69, 9.17) is 5.11 Å². The van der Waals surface area contributed by atoms with Crippen molar-refractivity contribution in [1.29, 1.82) is 0 Å². The van der Waals surface area contributed by atoms with Gasteiger partial charge in [0, 0.05) is 23.7 Å². The summed E-state index contributed by atoms with van der Waals surface area (Å²) in [5, 5.41) is 11.9. The second-order valence-electron chi connectivity index (χ2n) is 6.25. The summed E-state index contributed by atoms with van der Waals surface area (Å²) < 4.78 is 0. The van der Waals surface area contributed by atoms with Crippen LogP contribution < -0.4 is 5.32 Å². The molecule has 136 valence electrons. The molecule has 0 spiro atoms. The smallest absolute Gasteiger partial charge is 0.323 e. The summed E-state index contributed by atoms with van der Waals surface area (Å²) in [6.45, 7) is 3.52. The molecule has 0 aliphatic rings. The Morgan fingerprint density at radius 2 is 1.54 bits per heavy atom. The molecule has 0 aliphatic carbocycles. The number of aliphatic carboxylic acids is 1. The van der Waals surface area contributed by atoms with Crippen LogP contribution in [-0.2, 0) is 11.3 Å². The van der Waals surface area contributed by atoms with Gasteiger partial charge in [-0.05, 0) is 43.7 Å². The molecular formula is C20H22N2O4. The van der Waals surface area contributed by atoms with Crippen LogP contribution in [0.25, 0.3) is 0 Å². The van der Waals surface area contributed by atoms with Crippen LogP contribution in [0, 0.1) is 0 Å². The number of hydrogen-bond donors (Lipinski definition) is 2. The van der Waals surface area contributed by atoms with E-state index in [1.165, 1.54) is 17.0 Å². The largest absolute Gasteiger partial charge is 0.480 e. The Morgan fingerprint density at radius 1 is 0.962 bits per heavy atom. The predicted molar refractivity (Wildman–Crippen MR) is 97.9 cm³/mol. The minimum absolute atomic E-state index is 0.0146. The molecule has 26 heavy (non-hydrogen) atoms. The van der Waals surface area contributed by atoms with Crippen LogP contribution in [0.3, 0.4) is 0 Å². The van der Waals surface area contributed by atoms with Gasteiger partial charge in [0.05, 0.1) is 0 Å². The number of carboxylic acids is 1. The van der Waals surface area contributed by atoms with Crippen LogP contribution in [0.1, 0.15) is 40.1 Å². The minimum Gasteiger partial charge on any atom is -0.480 e. The summed E-state index contributed by atoms with van der Waals surface area (Å²) >= 11 is 0. The van der Waals surface area contributed by atoms with Crippen LogP contribution in [0.4, 0.5) is 0 Å². The average Bonchev–Trinajstić information content (AvgIpc) is 2.60. The molecule has 2 N–H and O–H groups in total. The number of amides is 2. The van der Waals surface area contributed by atoms with Crippen molar-refractivity contribution < 1.29 is 19.5 Å². The zero-order chi connectivity index (χ0) is 19.1. The molecule has 0 fully saturated rings. The van der Waals surface area contributed by atoms with Gasteiger partial charge in [0.15, 0.2) is 0 Å². The fraction of sp³-hybridized carbons (Fsp3) is 0.250. The Kier molecular flexibility index (Phi) is 6.49. The van der Waals surface area contributed by atoms with E-state index in [9.17, 15) is 14.4 Å². The molecule has 0 bridgehead atoms. The van der Waals surface area contributed by atoms with E-state index >= 15 is 0 Å². The maximum absolute atomic E-state index is 12.7. The van der Waals surface area contributed by atoms with Crippen LogP contribution in [0.2, 0.25) is 0 Å². The lowest BCUT2D eigenvalue weighted by Gasteiger charge is -2.21. The number of nitrogens with one attached hydrogen (secondary N) is 1.